The molecule has 28 heavy (non-hydrogen) atoms. The van der Waals surface area contributed by atoms with Crippen molar-refractivity contribution in [2.75, 3.05) is 0 Å². The van der Waals surface area contributed by atoms with Gasteiger partial charge in [-0.3, -0.25) is 9.59 Å². The van der Waals surface area contributed by atoms with Gasteiger partial charge in [0, 0.05) is 4.47 Å². The number of hydrogen-bond donors (Lipinski definition) is 3. The topological polar surface area (TPSA) is 109 Å². The van der Waals surface area contributed by atoms with E-state index in [0.717, 1.165) is 4.47 Å². The first-order valence-corrected chi connectivity index (χ1v) is 9.83. The van der Waals surface area contributed by atoms with Crippen LogP contribution in [0.4, 0.5) is 0 Å². The lowest BCUT2D eigenvalue weighted by Gasteiger charge is -2.19. The zero-order chi connectivity index (χ0) is 20.8. The van der Waals surface area contributed by atoms with Crippen LogP contribution in [0.3, 0.4) is 0 Å². The lowest BCUT2D eigenvalue weighted by atomic mass is 10.0. The largest absolute Gasteiger partial charge is 0.480 e. The Labute approximate surface area is 178 Å². The summed E-state index contributed by atoms with van der Waals surface area (Å²) in [5.41, 5.74) is 0.539. The van der Waals surface area contributed by atoms with Gasteiger partial charge in [-0.2, -0.15) is 0 Å². The van der Waals surface area contributed by atoms with E-state index in [-0.39, 0.29) is 17.4 Å². The molecular weight excluding hydrogens is 496 g/mol. The second-order valence-electron chi connectivity index (χ2n) is 6.20. The number of benzene rings is 1. The number of nitrogens with one attached hydrogen (secondary N) is 2. The number of carbonyl (C=O) groups is 3. The molecule has 0 saturated heterocycles. The number of carboxylic acid groups (broad SMARTS) is 1. The number of furan rings is 1. The van der Waals surface area contributed by atoms with Crippen molar-refractivity contribution in [3.8, 4) is 0 Å². The number of amides is 2. The number of carbonyl (C=O) groups excluding carboxylic acids is 2. The summed E-state index contributed by atoms with van der Waals surface area (Å²) in [6.07, 6.45) is 1.46. The van der Waals surface area contributed by atoms with Crippen LogP contribution in [0.25, 0.3) is 6.08 Å². The quantitative estimate of drug-likeness (QED) is 0.488. The molecule has 2 aromatic rings. The Morgan fingerprint density at radius 1 is 1.07 bits per heavy atom. The van der Waals surface area contributed by atoms with Crippen molar-refractivity contribution in [3.63, 3.8) is 0 Å². The highest BCUT2D eigenvalue weighted by atomic mass is 79.9. The Hall–Kier alpha value is -2.39. The van der Waals surface area contributed by atoms with Crippen LogP contribution < -0.4 is 10.6 Å². The van der Waals surface area contributed by atoms with E-state index in [1.54, 1.807) is 44.2 Å². The number of carboxylic acids is 1. The highest BCUT2D eigenvalue weighted by Crippen LogP contribution is 2.16. The molecule has 148 valence electrons. The molecule has 0 aliphatic rings. The first-order chi connectivity index (χ1) is 13.2. The number of hydrogen-bond acceptors (Lipinski definition) is 4. The average Bonchev–Trinajstić information content (AvgIpc) is 3.06. The van der Waals surface area contributed by atoms with Crippen molar-refractivity contribution in [2.45, 2.75) is 19.9 Å². The molecule has 0 fully saturated rings. The second-order valence-corrected chi connectivity index (χ2v) is 7.90. The molecule has 0 bridgehead atoms. The molecule has 1 aromatic carbocycles. The van der Waals surface area contributed by atoms with Gasteiger partial charge in [-0.15, -0.1) is 0 Å². The van der Waals surface area contributed by atoms with E-state index < -0.39 is 23.8 Å². The molecule has 0 saturated carbocycles. The van der Waals surface area contributed by atoms with Crippen LogP contribution in [-0.2, 0) is 9.59 Å². The van der Waals surface area contributed by atoms with Crippen molar-refractivity contribution in [1.29, 1.82) is 0 Å². The summed E-state index contributed by atoms with van der Waals surface area (Å²) in [6, 6.07) is 8.93. The highest BCUT2D eigenvalue weighted by molar-refractivity contribution is 9.10. The fourth-order valence-corrected chi connectivity index (χ4v) is 2.81. The van der Waals surface area contributed by atoms with Gasteiger partial charge < -0.3 is 20.2 Å². The van der Waals surface area contributed by atoms with Gasteiger partial charge in [-0.05, 0) is 57.8 Å². The third-order valence-electron chi connectivity index (χ3n) is 3.69. The molecule has 0 aliphatic carbocycles. The molecule has 9 heteroatoms. The molecule has 7 nitrogen and oxygen atoms in total. The fourth-order valence-electron chi connectivity index (χ4n) is 2.24. The normalized spacial score (nSPS) is 12.5. The van der Waals surface area contributed by atoms with E-state index in [2.05, 4.69) is 42.5 Å². The lowest BCUT2D eigenvalue weighted by molar-refractivity contribution is -0.142. The summed E-state index contributed by atoms with van der Waals surface area (Å²) in [6.45, 7) is 3.35. The SMILES string of the molecule is CC(C)[C@H](NC(=O)/C(=C\c1ccc(Br)cc1)NC(=O)c1ccc(Br)o1)C(=O)O. The maximum Gasteiger partial charge on any atom is 0.326 e. The summed E-state index contributed by atoms with van der Waals surface area (Å²) in [5.74, 6) is -2.86. The molecule has 1 atom stereocenters. The van der Waals surface area contributed by atoms with Crippen molar-refractivity contribution in [2.24, 2.45) is 5.92 Å². The molecule has 0 unspecified atom stereocenters. The van der Waals surface area contributed by atoms with Crippen LogP contribution in [0, 0.1) is 5.92 Å². The third kappa shape index (κ3) is 6.07. The van der Waals surface area contributed by atoms with Gasteiger partial charge in [0.15, 0.2) is 10.4 Å². The monoisotopic (exact) mass is 512 g/mol. The molecule has 3 N–H and O–H groups in total. The van der Waals surface area contributed by atoms with Crippen LogP contribution in [0.1, 0.15) is 30.0 Å². The van der Waals surface area contributed by atoms with Crippen LogP contribution in [0.15, 0.2) is 55.7 Å². The molecule has 2 rings (SSSR count). The molecule has 1 heterocycles. The average molecular weight is 514 g/mol. The van der Waals surface area contributed by atoms with Crippen LogP contribution in [-0.4, -0.2) is 28.9 Å². The highest BCUT2D eigenvalue weighted by Gasteiger charge is 2.26. The van der Waals surface area contributed by atoms with E-state index in [1.807, 2.05) is 0 Å². The first kappa shape index (κ1) is 21.9. The smallest absolute Gasteiger partial charge is 0.326 e. The van der Waals surface area contributed by atoms with E-state index in [9.17, 15) is 19.5 Å². The van der Waals surface area contributed by atoms with Crippen molar-refractivity contribution in [3.05, 3.63) is 62.6 Å². The van der Waals surface area contributed by atoms with E-state index in [4.69, 9.17) is 4.42 Å². The summed E-state index contributed by atoms with van der Waals surface area (Å²) < 4.78 is 6.41. The minimum atomic E-state index is -1.16. The van der Waals surface area contributed by atoms with Crippen molar-refractivity contribution >= 4 is 55.7 Å². The first-order valence-electron chi connectivity index (χ1n) is 8.25. The van der Waals surface area contributed by atoms with Gasteiger partial charge in [0.25, 0.3) is 11.8 Å². The van der Waals surface area contributed by atoms with Gasteiger partial charge in [0.1, 0.15) is 11.7 Å². The Bertz CT molecular complexity index is 903. The zero-order valence-corrected chi connectivity index (χ0v) is 18.2. The van der Waals surface area contributed by atoms with Gasteiger partial charge in [-0.1, -0.05) is 41.9 Å². The minimum absolute atomic E-state index is 0.0000234. The fraction of sp³-hybridized carbons (Fsp3) is 0.211. The molecular formula is C19H18Br2N2O5. The Balaban J connectivity index is 2.31. The lowest BCUT2D eigenvalue weighted by Crippen LogP contribution is -2.47. The molecule has 2 amide bonds. The molecule has 0 spiro atoms. The maximum absolute atomic E-state index is 12.7. The van der Waals surface area contributed by atoms with E-state index >= 15 is 0 Å². The second kappa shape index (κ2) is 9.70. The predicted octanol–water partition coefficient (Wildman–Crippen LogP) is 3.80. The number of rotatable bonds is 7. The van der Waals surface area contributed by atoms with E-state index in [0.29, 0.717) is 10.2 Å². The minimum Gasteiger partial charge on any atom is -0.480 e. The van der Waals surface area contributed by atoms with Crippen LogP contribution in [0.5, 0.6) is 0 Å². The van der Waals surface area contributed by atoms with Gasteiger partial charge in [0.05, 0.1) is 0 Å². The molecule has 1 aromatic heterocycles. The number of halogens is 2. The Kier molecular flexibility index (Phi) is 7.59. The van der Waals surface area contributed by atoms with Crippen molar-refractivity contribution < 1.29 is 23.9 Å². The third-order valence-corrected chi connectivity index (χ3v) is 4.65. The Morgan fingerprint density at radius 3 is 2.21 bits per heavy atom. The maximum atomic E-state index is 12.7. The zero-order valence-electron chi connectivity index (χ0n) is 15.0. The van der Waals surface area contributed by atoms with Crippen LogP contribution >= 0.6 is 31.9 Å². The molecule has 0 radical (unpaired) electrons. The van der Waals surface area contributed by atoms with Gasteiger partial charge >= 0.3 is 5.97 Å². The molecule has 0 aliphatic heterocycles. The standard InChI is InChI=1S/C19H18Br2N2O5/c1-10(2)16(19(26)27)23-17(24)13(9-11-3-5-12(20)6-4-11)22-18(25)14-7-8-15(21)28-14/h3-10,16H,1-2H3,(H,22,25)(H,23,24)(H,26,27)/b13-9+/t16-/m0/s1. The van der Waals surface area contributed by atoms with Gasteiger partial charge in [0.2, 0.25) is 0 Å². The van der Waals surface area contributed by atoms with E-state index in [1.165, 1.54) is 12.1 Å². The number of aliphatic carboxylic acids is 1. The Morgan fingerprint density at radius 2 is 1.71 bits per heavy atom. The van der Waals surface area contributed by atoms with Crippen molar-refractivity contribution in [1.82, 2.24) is 10.6 Å². The summed E-state index contributed by atoms with van der Waals surface area (Å²) >= 11 is 6.44. The summed E-state index contributed by atoms with van der Waals surface area (Å²) in [5, 5.41) is 14.2. The summed E-state index contributed by atoms with van der Waals surface area (Å²) in [4.78, 5) is 36.5. The van der Waals surface area contributed by atoms with Gasteiger partial charge in [-0.25, -0.2) is 4.79 Å². The summed E-state index contributed by atoms with van der Waals surface area (Å²) in [7, 11) is 0. The van der Waals surface area contributed by atoms with Crippen LogP contribution in [0.2, 0.25) is 0 Å². The predicted molar refractivity (Wildman–Crippen MR) is 110 cm³/mol.